The summed E-state index contributed by atoms with van der Waals surface area (Å²) < 4.78 is 0. The standard InChI is InChI=1S/C13H15N3OS/c1-8(2)10-11(12(17)16-14)18-13(15-10)9-6-4-3-5-7-9/h3-8H,14H2,1-2H3,(H,16,17). The van der Waals surface area contributed by atoms with Gasteiger partial charge in [0, 0.05) is 5.56 Å². The summed E-state index contributed by atoms with van der Waals surface area (Å²) in [7, 11) is 0. The predicted molar refractivity (Wildman–Crippen MR) is 73.3 cm³/mol. The van der Waals surface area contributed by atoms with Gasteiger partial charge in [-0.05, 0) is 5.92 Å². The first kappa shape index (κ1) is 12.7. The van der Waals surface area contributed by atoms with E-state index in [0.717, 1.165) is 16.3 Å². The number of carbonyl (C=O) groups is 1. The van der Waals surface area contributed by atoms with Crippen LogP contribution in [0.15, 0.2) is 30.3 Å². The summed E-state index contributed by atoms with van der Waals surface area (Å²) in [5, 5.41) is 0.845. The molecule has 1 amide bonds. The van der Waals surface area contributed by atoms with E-state index in [0.29, 0.717) is 4.88 Å². The number of benzene rings is 1. The fraction of sp³-hybridized carbons (Fsp3) is 0.231. The number of hydrogen-bond donors (Lipinski definition) is 2. The van der Waals surface area contributed by atoms with Gasteiger partial charge in [-0.2, -0.15) is 0 Å². The molecular formula is C13H15N3OS. The molecule has 18 heavy (non-hydrogen) atoms. The van der Waals surface area contributed by atoms with Crippen molar-refractivity contribution in [2.24, 2.45) is 5.84 Å². The average Bonchev–Trinajstić information content (AvgIpc) is 2.84. The lowest BCUT2D eigenvalue weighted by Gasteiger charge is -2.02. The van der Waals surface area contributed by atoms with Crippen molar-refractivity contribution in [1.82, 2.24) is 10.4 Å². The third-order valence-electron chi connectivity index (χ3n) is 2.56. The van der Waals surface area contributed by atoms with Gasteiger partial charge in [-0.1, -0.05) is 44.2 Å². The first-order valence-corrected chi connectivity index (χ1v) is 6.52. The Morgan fingerprint density at radius 1 is 1.33 bits per heavy atom. The quantitative estimate of drug-likeness (QED) is 0.507. The number of nitrogens with one attached hydrogen (secondary N) is 1. The van der Waals surface area contributed by atoms with E-state index in [1.165, 1.54) is 11.3 Å². The highest BCUT2D eigenvalue weighted by molar-refractivity contribution is 7.17. The van der Waals surface area contributed by atoms with Crippen LogP contribution in [0.5, 0.6) is 0 Å². The maximum Gasteiger partial charge on any atom is 0.277 e. The molecule has 94 valence electrons. The zero-order chi connectivity index (χ0) is 13.1. The lowest BCUT2D eigenvalue weighted by molar-refractivity contribution is 0.0956. The van der Waals surface area contributed by atoms with Crippen molar-refractivity contribution < 1.29 is 4.79 Å². The molecule has 0 atom stereocenters. The number of hydrazine groups is 1. The molecule has 5 heteroatoms. The van der Waals surface area contributed by atoms with Crippen molar-refractivity contribution in [2.45, 2.75) is 19.8 Å². The monoisotopic (exact) mass is 261 g/mol. The molecule has 0 aliphatic carbocycles. The summed E-state index contributed by atoms with van der Waals surface area (Å²) in [6.07, 6.45) is 0. The molecule has 0 spiro atoms. The minimum atomic E-state index is -0.279. The zero-order valence-corrected chi connectivity index (χ0v) is 11.1. The van der Waals surface area contributed by atoms with Crippen LogP contribution in [-0.4, -0.2) is 10.9 Å². The Hall–Kier alpha value is -1.72. The lowest BCUT2D eigenvalue weighted by Crippen LogP contribution is -2.30. The van der Waals surface area contributed by atoms with Gasteiger partial charge in [0.15, 0.2) is 0 Å². The van der Waals surface area contributed by atoms with Gasteiger partial charge >= 0.3 is 0 Å². The van der Waals surface area contributed by atoms with Gasteiger partial charge in [0.2, 0.25) is 0 Å². The van der Waals surface area contributed by atoms with Crippen LogP contribution in [0.2, 0.25) is 0 Å². The fourth-order valence-electron chi connectivity index (χ4n) is 1.66. The third-order valence-corrected chi connectivity index (χ3v) is 3.68. The second-order valence-electron chi connectivity index (χ2n) is 4.23. The number of nitrogens with zero attached hydrogens (tertiary/aromatic N) is 1. The maximum atomic E-state index is 11.7. The highest BCUT2D eigenvalue weighted by atomic mass is 32.1. The third kappa shape index (κ3) is 2.42. The topological polar surface area (TPSA) is 68.0 Å². The van der Waals surface area contributed by atoms with Crippen LogP contribution in [0, 0.1) is 0 Å². The summed E-state index contributed by atoms with van der Waals surface area (Å²) in [5.41, 5.74) is 3.98. The number of nitrogen functional groups attached to an aromatic ring is 1. The van der Waals surface area contributed by atoms with E-state index in [-0.39, 0.29) is 11.8 Å². The van der Waals surface area contributed by atoms with Crippen molar-refractivity contribution in [3.63, 3.8) is 0 Å². The molecule has 3 N–H and O–H groups in total. The number of rotatable bonds is 3. The highest BCUT2D eigenvalue weighted by Crippen LogP contribution is 2.31. The van der Waals surface area contributed by atoms with Crippen LogP contribution in [0.4, 0.5) is 0 Å². The molecule has 0 saturated carbocycles. The van der Waals surface area contributed by atoms with E-state index in [9.17, 15) is 4.79 Å². The van der Waals surface area contributed by atoms with Crippen molar-refractivity contribution in [1.29, 1.82) is 0 Å². The first-order valence-electron chi connectivity index (χ1n) is 5.70. The number of nitrogens with two attached hydrogens (primary N) is 1. The smallest absolute Gasteiger partial charge is 0.277 e. The van der Waals surface area contributed by atoms with Crippen molar-refractivity contribution >= 4 is 17.2 Å². The van der Waals surface area contributed by atoms with Gasteiger partial charge in [-0.15, -0.1) is 11.3 Å². The Bertz CT molecular complexity index is 549. The lowest BCUT2D eigenvalue weighted by atomic mass is 10.1. The van der Waals surface area contributed by atoms with Gasteiger partial charge < -0.3 is 0 Å². The molecule has 1 heterocycles. The van der Waals surface area contributed by atoms with Gasteiger partial charge in [0.25, 0.3) is 5.91 Å². The number of thiazole rings is 1. The molecule has 2 aromatic rings. The minimum absolute atomic E-state index is 0.186. The van der Waals surface area contributed by atoms with E-state index >= 15 is 0 Å². The normalized spacial score (nSPS) is 10.7. The van der Waals surface area contributed by atoms with Crippen LogP contribution in [0.25, 0.3) is 10.6 Å². The first-order chi connectivity index (χ1) is 8.63. The zero-order valence-electron chi connectivity index (χ0n) is 10.3. The van der Waals surface area contributed by atoms with Gasteiger partial charge in [-0.3, -0.25) is 10.2 Å². The molecule has 2 rings (SSSR count). The maximum absolute atomic E-state index is 11.7. The Morgan fingerprint density at radius 2 is 2.00 bits per heavy atom. The molecule has 0 fully saturated rings. The second-order valence-corrected chi connectivity index (χ2v) is 5.23. The Balaban J connectivity index is 2.49. The predicted octanol–water partition coefficient (Wildman–Crippen LogP) is 2.54. The van der Waals surface area contributed by atoms with Crippen molar-refractivity contribution in [3.8, 4) is 10.6 Å². The molecular weight excluding hydrogens is 246 g/mol. The summed E-state index contributed by atoms with van der Waals surface area (Å²) in [4.78, 5) is 16.9. The number of amides is 1. The van der Waals surface area contributed by atoms with Crippen LogP contribution in [0.1, 0.15) is 35.1 Å². The molecule has 0 aliphatic heterocycles. The second kappa shape index (κ2) is 5.29. The van der Waals surface area contributed by atoms with E-state index in [4.69, 9.17) is 5.84 Å². The molecule has 0 bridgehead atoms. The Labute approximate surface area is 110 Å². The number of aromatic nitrogens is 1. The molecule has 1 aromatic carbocycles. The van der Waals surface area contributed by atoms with Gasteiger partial charge in [-0.25, -0.2) is 10.8 Å². The summed E-state index contributed by atoms with van der Waals surface area (Å²) in [6, 6.07) is 9.82. The van der Waals surface area contributed by atoms with Crippen LogP contribution in [-0.2, 0) is 0 Å². The Kier molecular flexibility index (Phi) is 3.74. The largest absolute Gasteiger partial charge is 0.289 e. The summed E-state index contributed by atoms with van der Waals surface area (Å²) >= 11 is 1.37. The molecule has 0 unspecified atom stereocenters. The molecule has 0 radical (unpaired) electrons. The van der Waals surface area contributed by atoms with Crippen LogP contribution < -0.4 is 11.3 Å². The van der Waals surface area contributed by atoms with Crippen molar-refractivity contribution in [2.75, 3.05) is 0 Å². The molecule has 1 aromatic heterocycles. The van der Waals surface area contributed by atoms with Gasteiger partial charge in [0.1, 0.15) is 9.88 Å². The molecule has 0 saturated heterocycles. The molecule has 4 nitrogen and oxygen atoms in total. The van der Waals surface area contributed by atoms with Gasteiger partial charge in [0.05, 0.1) is 5.69 Å². The Morgan fingerprint density at radius 3 is 2.56 bits per heavy atom. The minimum Gasteiger partial charge on any atom is -0.289 e. The van der Waals surface area contributed by atoms with E-state index in [1.54, 1.807) is 0 Å². The SMILES string of the molecule is CC(C)c1nc(-c2ccccc2)sc1C(=O)NN. The summed E-state index contributed by atoms with van der Waals surface area (Å²) in [5.74, 6) is 5.11. The number of hydrogen-bond acceptors (Lipinski definition) is 4. The van der Waals surface area contributed by atoms with E-state index in [1.807, 2.05) is 44.2 Å². The number of carbonyl (C=O) groups excluding carboxylic acids is 1. The summed E-state index contributed by atoms with van der Waals surface area (Å²) in [6.45, 7) is 4.02. The fourth-order valence-corrected chi connectivity index (χ4v) is 2.78. The van der Waals surface area contributed by atoms with E-state index in [2.05, 4.69) is 10.4 Å². The van der Waals surface area contributed by atoms with Crippen LogP contribution >= 0.6 is 11.3 Å². The van der Waals surface area contributed by atoms with Crippen molar-refractivity contribution in [3.05, 3.63) is 40.9 Å². The molecule has 0 aliphatic rings. The van der Waals surface area contributed by atoms with E-state index < -0.39 is 0 Å². The van der Waals surface area contributed by atoms with Crippen LogP contribution in [0.3, 0.4) is 0 Å². The highest BCUT2D eigenvalue weighted by Gasteiger charge is 2.20. The average molecular weight is 261 g/mol.